The van der Waals surface area contributed by atoms with Gasteiger partial charge in [0.1, 0.15) is 5.69 Å². The molecule has 0 aliphatic heterocycles. The van der Waals surface area contributed by atoms with E-state index in [1.807, 2.05) is 6.92 Å². The molecule has 0 radical (unpaired) electrons. The maximum absolute atomic E-state index is 11.7. The van der Waals surface area contributed by atoms with Crippen LogP contribution < -0.4 is 5.32 Å². The summed E-state index contributed by atoms with van der Waals surface area (Å²) < 4.78 is 0. The molecule has 2 N–H and O–H groups in total. The van der Waals surface area contributed by atoms with Gasteiger partial charge in [-0.1, -0.05) is 26.7 Å². The van der Waals surface area contributed by atoms with Gasteiger partial charge in [0, 0.05) is 12.2 Å². The average molecular weight is 280 g/mol. The summed E-state index contributed by atoms with van der Waals surface area (Å²) in [4.78, 5) is 14.2. The summed E-state index contributed by atoms with van der Waals surface area (Å²) in [5.74, 6) is -0.0857. The standard InChI is InChI=1S/C15H28N4O/c1-4-19(5-2)11-9-7-6-8-10-16-15(20)14-12-13(3)17-18-14/h12H,4-11H2,1-3H3,(H,16,20)(H,17,18). The second kappa shape index (κ2) is 9.53. The van der Waals surface area contributed by atoms with E-state index >= 15 is 0 Å². The highest BCUT2D eigenvalue weighted by molar-refractivity contribution is 5.92. The minimum absolute atomic E-state index is 0.0857. The van der Waals surface area contributed by atoms with Gasteiger partial charge in [0.05, 0.1) is 0 Å². The largest absolute Gasteiger partial charge is 0.351 e. The van der Waals surface area contributed by atoms with E-state index in [4.69, 9.17) is 0 Å². The van der Waals surface area contributed by atoms with Gasteiger partial charge in [-0.15, -0.1) is 0 Å². The molecule has 0 aliphatic carbocycles. The zero-order valence-electron chi connectivity index (χ0n) is 13.0. The molecule has 0 saturated heterocycles. The Kier molecular flexibility index (Phi) is 7.95. The van der Waals surface area contributed by atoms with E-state index in [9.17, 15) is 4.79 Å². The van der Waals surface area contributed by atoms with Gasteiger partial charge in [-0.25, -0.2) is 0 Å². The third-order valence-corrected chi connectivity index (χ3v) is 3.52. The Hall–Kier alpha value is -1.36. The number of amides is 1. The predicted molar refractivity (Wildman–Crippen MR) is 81.9 cm³/mol. The Labute approximate surface area is 122 Å². The molecular formula is C15H28N4O. The van der Waals surface area contributed by atoms with Crippen molar-refractivity contribution in [3.05, 3.63) is 17.5 Å². The van der Waals surface area contributed by atoms with E-state index in [-0.39, 0.29) is 5.91 Å². The lowest BCUT2D eigenvalue weighted by Gasteiger charge is -2.17. The summed E-state index contributed by atoms with van der Waals surface area (Å²) in [6, 6.07) is 1.76. The number of carbonyl (C=O) groups excluding carboxylic acids is 1. The number of rotatable bonds is 10. The van der Waals surface area contributed by atoms with Crippen LogP contribution in [-0.4, -0.2) is 47.2 Å². The molecular weight excluding hydrogens is 252 g/mol. The molecule has 0 bridgehead atoms. The molecule has 1 aromatic heterocycles. The number of hydrogen-bond acceptors (Lipinski definition) is 3. The number of carbonyl (C=O) groups is 1. The predicted octanol–water partition coefficient (Wildman–Crippen LogP) is 2.35. The molecule has 1 rings (SSSR count). The number of nitrogens with one attached hydrogen (secondary N) is 2. The first-order valence-electron chi connectivity index (χ1n) is 7.70. The van der Waals surface area contributed by atoms with Crippen LogP contribution in [0.3, 0.4) is 0 Å². The Bertz CT molecular complexity index is 385. The summed E-state index contributed by atoms with van der Waals surface area (Å²) >= 11 is 0. The van der Waals surface area contributed by atoms with Gasteiger partial charge in [-0.3, -0.25) is 9.89 Å². The van der Waals surface area contributed by atoms with Crippen LogP contribution in [0.5, 0.6) is 0 Å². The van der Waals surface area contributed by atoms with E-state index in [0.29, 0.717) is 5.69 Å². The topological polar surface area (TPSA) is 61.0 Å². The van der Waals surface area contributed by atoms with Crippen LogP contribution in [0.1, 0.15) is 55.7 Å². The highest BCUT2D eigenvalue weighted by atomic mass is 16.1. The summed E-state index contributed by atoms with van der Waals surface area (Å²) in [5.41, 5.74) is 1.38. The maximum Gasteiger partial charge on any atom is 0.271 e. The van der Waals surface area contributed by atoms with Gasteiger partial charge in [0.15, 0.2) is 0 Å². The van der Waals surface area contributed by atoms with Gasteiger partial charge in [0.2, 0.25) is 0 Å². The van der Waals surface area contributed by atoms with Crippen molar-refractivity contribution in [2.45, 2.75) is 46.5 Å². The highest BCUT2D eigenvalue weighted by Crippen LogP contribution is 2.02. The molecule has 5 heteroatoms. The number of hydrogen-bond donors (Lipinski definition) is 2. The van der Waals surface area contributed by atoms with E-state index < -0.39 is 0 Å². The molecule has 5 nitrogen and oxygen atoms in total. The Morgan fingerprint density at radius 2 is 1.95 bits per heavy atom. The number of H-pyrrole nitrogens is 1. The van der Waals surface area contributed by atoms with Crippen molar-refractivity contribution in [2.24, 2.45) is 0 Å². The zero-order chi connectivity index (χ0) is 14.8. The second-order valence-electron chi connectivity index (χ2n) is 5.13. The van der Waals surface area contributed by atoms with Crippen molar-refractivity contribution in [1.29, 1.82) is 0 Å². The van der Waals surface area contributed by atoms with Crippen molar-refractivity contribution >= 4 is 5.91 Å². The van der Waals surface area contributed by atoms with Crippen LogP contribution in [-0.2, 0) is 0 Å². The van der Waals surface area contributed by atoms with Crippen LogP contribution in [0.25, 0.3) is 0 Å². The van der Waals surface area contributed by atoms with Gasteiger partial charge in [0.25, 0.3) is 5.91 Å². The molecule has 0 fully saturated rings. The van der Waals surface area contributed by atoms with Gasteiger partial charge in [-0.2, -0.15) is 5.10 Å². The minimum Gasteiger partial charge on any atom is -0.351 e. The molecule has 0 atom stereocenters. The minimum atomic E-state index is -0.0857. The number of aromatic amines is 1. The second-order valence-corrected chi connectivity index (χ2v) is 5.13. The number of unbranched alkanes of at least 4 members (excludes halogenated alkanes) is 3. The third kappa shape index (κ3) is 6.19. The third-order valence-electron chi connectivity index (χ3n) is 3.52. The van der Waals surface area contributed by atoms with Gasteiger partial charge >= 0.3 is 0 Å². The highest BCUT2D eigenvalue weighted by Gasteiger charge is 2.07. The van der Waals surface area contributed by atoms with Crippen LogP contribution >= 0.6 is 0 Å². The van der Waals surface area contributed by atoms with Crippen LogP contribution in [0.4, 0.5) is 0 Å². The Balaban J connectivity index is 2.01. The molecule has 0 aliphatic rings. The van der Waals surface area contributed by atoms with Crippen molar-refractivity contribution < 1.29 is 4.79 Å². The van der Waals surface area contributed by atoms with E-state index in [0.717, 1.165) is 31.7 Å². The van der Waals surface area contributed by atoms with E-state index in [1.54, 1.807) is 6.07 Å². The van der Waals surface area contributed by atoms with E-state index in [2.05, 4.69) is 34.3 Å². The van der Waals surface area contributed by atoms with E-state index in [1.165, 1.54) is 25.8 Å². The summed E-state index contributed by atoms with van der Waals surface area (Å²) in [7, 11) is 0. The van der Waals surface area contributed by atoms with Crippen molar-refractivity contribution in [2.75, 3.05) is 26.2 Å². The lowest BCUT2D eigenvalue weighted by molar-refractivity contribution is 0.0948. The Morgan fingerprint density at radius 1 is 1.25 bits per heavy atom. The Morgan fingerprint density at radius 3 is 2.55 bits per heavy atom. The molecule has 1 amide bonds. The zero-order valence-corrected chi connectivity index (χ0v) is 13.0. The molecule has 114 valence electrons. The number of aryl methyl sites for hydroxylation is 1. The van der Waals surface area contributed by atoms with Crippen LogP contribution in [0.2, 0.25) is 0 Å². The molecule has 0 spiro atoms. The first kappa shape index (κ1) is 16.7. The van der Waals surface area contributed by atoms with Crippen molar-refractivity contribution in [1.82, 2.24) is 20.4 Å². The molecule has 0 aromatic carbocycles. The smallest absolute Gasteiger partial charge is 0.271 e. The first-order chi connectivity index (χ1) is 9.67. The van der Waals surface area contributed by atoms with Crippen molar-refractivity contribution in [3.8, 4) is 0 Å². The first-order valence-corrected chi connectivity index (χ1v) is 7.70. The monoisotopic (exact) mass is 280 g/mol. The molecule has 0 saturated carbocycles. The fourth-order valence-corrected chi connectivity index (χ4v) is 2.18. The lowest BCUT2D eigenvalue weighted by Crippen LogP contribution is -2.25. The number of nitrogens with zero attached hydrogens (tertiary/aromatic N) is 2. The molecule has 1 heterocycles. The average Bonchev–Trinajstić information content (AvgIpc) is 2.88. The summed E-state index contributed by atoms with van der Waals surface area (Å²) in [6.07, 6.45) is 4.68. The van der Waals surface area contributed by atoms with Crippen LogP contribution in [0.15, 0.2) is 6.07 Å². The van der Waals surface area contributed by atoms with Gasteiger partial charge < -0.3 is 10.2 Å². The van der Waals surface area contributed by atoms with Crippen LogP contribution in [0, 0.1) is 6.92 Å². The molecule has 20 heavy (non-hydrogen) atoms. The lowest BCUT2D eigenvalue weighted by atomic mass is 10.2. The fraction of sp³-hybridized carbons (Fsp3) is 0.733. The quantitative estimate of drug-likeness (QED) is 0.647. The fourth-order valence-electron chi connectivity index (χ4n) is 2.18. The normalized spacial score (nSPS) is 11.0. The molecule has 0 unspecified atom stereocenters. The van der Waals surface area contributed by atoms with Crippen molar-refractivity contribution in [3.63, 3.8) is 0 Å². The molecule has 1 aromatic rings. The summed E-state index contributed by atoms with van der Waals surface area (Å²) in [5, 5.41) is 9.62. The summed E-state index contributed by atoms with van der Waals surface area (Å²) in [6.45, 7) is 10.5. The SMILES string of the molecule is CCN(CC)CCCCCCNC(=O)c1cc(C)[nH]n1. The number of aromatic nitrogens is 2. The maximum atomic E-state index is 11.7. The van der Waals surface area contributed by atoms with Gasteiger partial charge in [-0.05, 0) is 45.5 Å².